The molecule has 2 aliphatic heterocycles. The van der Waals surface area contributed by atoms with Crippen molar-refractivity contribution in [1.29, 1.82) is 0 Å². The van der Waals surface area contributed by atoms with Gasteiger partial charge in [-0.3, -0.25) is 4.79 Å². The van der Waals surface area contributed by atoms with Gasteiger partial charge in [-0.2, -0.15) is 0 Å². The van der Waals surface area contributed by atoms with Crippen LogP contribution in [0.4, 0.5) is 11.4 Å². The molecule has 2 aliphatic rings. The quantitative estimate of drug-likeness (QED) is 0.898. The number of nitrogens with zero attached hydrogens (tertiary/aromatic N) is 1. The molecule has 2 unspecified atom stereocenters. The lowest BCUT2D eigenvalue weighted by molar-refractivity contribution is -0.119. The third-order valence-electron chi connectivity index (χ3n) is 4.66. The van der Waals surface area contributed by atoms with E-state index in [1.54, 1.807) is 0 Å². The van der Waals surface area contributed by atoms with Gasteiger partial charge in [-0.15, -0.1) is 0 Å². The molecular formula is C17H25N3O. The molecule has 1 aromatic carbocycles. The van der Waals surface area contributed by atoms with Crippen molar-refractivity contribution in [2.24, 2.45) is 5.92 Å². The lowest BCUT2D eigenvalue weighted by Crippen LogP contribution is -2.48. The molecule has 114 valence electrons. The summed E-state index contributed by atoms with van der Waals surface area (Å²) in [5.74, 6) is 0.499. The summed E-state index contributed by atoms with van der Waals surface area (Å²) in [5.41, 5.74) is 2.15. The van der Waals surface area contributed by atoms with Crippen LogP contribution in [0.15, 0.2) is 24.3 Å². The normalized spacial score (nSPS) is 25.9. The molecule has 3 rings (SSSR count). The minimum absolute atomic E-state index is 0.0583. The summed E-state index contributed by atoms with van der Waals surface area (Å²) < 4.78 is 0. The number of carbonyl (C=O) groups is 1. The van der Waals surface area contributed by atoms with E-state index in [9.17, 15) is 4.79 Å². The summed E-state index contributed by atoms with van der Waals surface area (Å²) in [5, 5.41) is 6.36. The van der Waals surface area contributed by atoms with Gasteiger partial charge in [0.05, 0.1) is 6.04 Å². The van der Waals surface area contributed by atoms with Gasteiger partial charge in [0.2, 0.25) is 5.91 Å². The highest BCUT2D eigenvalue weighted by Gasteiger charge is 2.27. The number of anilines is 2. The van der Waals surface area contributed by atoms with E-state index in [2.05, 4.69) is 34.6 Å². The van der Waals surface area contributed by atoms with Crippen LogP contribution < -0.4 is 15.5 Å². The second-order valence-electron chi connectivity index (χ2n) is 6.28. The van der Waals surface area contributed by atoms with E-state index in [-0.39, 0.29) is 11.9 Å². The van der Waals surface area contributed by atoms with Crippen LogP contribution in [-0.2, 0) is 4.79 Å². The maximum atomic E-state index is 12.3. The van der Waals surface area contributed by atoms with E-state index in [0.29, 0.717) is 5.92 Å². The van der Waals surface area contributed by atoms with Gasteiger partial charge in [-0.25, -0.2) is 0 Å². The van der Waals surface area contributed by atoms with Crippen molar-refractivity contribution in [3.63, 3.8) is 0 Å². The van der Waals surface area contributed by atoms with Crippen molar-refractivity contribution in [2.45, 2.75) is 38.6 Å². The zero-order valence-electron chi connectivity index (χ0n) is 12.8. The van der Waals surface area contributed by atoms with Crippen LogP contribution in [0, 0.1) is 5.92 Å². The van der Waals surface area contributed by atoms with Gasteiger partial charge in [0.1, 0.15) is 0 Å². The van der Waals surface area contributed by atoms with E-state index < -0.39 is 0 Å². The number of hydrogen-bond acceptors (Lipinski definition) is 3. The summed E-state index contributed by atoms with van der Waals surface area (Å²) in [7, 11) is 0. The Balaban J connectivity index is 1.60. The average Bonchev–Trinajstić information content (AvgIpc) is 3.02. The van der Waals surface area contributed by atoms with E-state index in [1.807, 2.05) is 12.1 Å². The Morgan fingerprint density at radius 3 is 2.57 bits per heavy atom. The molecule has 0 radical (unpaired) electrons. The summed E-state index contributed by atoms with van der Waals surface area (Å²) in [6, 6.07) is 8.19. The topological polar surface area (TPSA) is 44.4 Å². The second kappa shape index (κ2) is 6.48. The number of carbonyl (C=O) groups excluding carboxylic acids is 1. The number of benzene rings is 1. The molecule has 0 spiro atoms. The van der Waals surface area contributed by atoms with E-state index in [4.69, 9.17) is 0 Å². The number of amides is 1. The van der Waals surface area contributed by atoms with Crippen LogP contribution in [0.2, 0.25) is 0 Å². The first-order valence-corrected chi connectivity index (χ1v) is 8.13. The first-order chi connectivity index (χ1) is 10.2. The van der Waals surface area contributed by atoms with Crippen LogP contribution in [0.25, 0.3) is 0 Å². The molecule has 0 aliphatic carbocycles. The molecule has 0 bridgehead atoms. The van der Waals surface area contributed by atoms with Gasteiger partial charge in [-0.1, -0.05) is 6.92 Å². The highest BCUT2D eigenvalue weighted by atomic mass is 16.2. The average molecular weight is 287 g/mol. The molecule has 0 saturated carbocycles. The molecule has 2 N–H and O–H groups in total. The van der Waals surface area contributed by atoms with Crippen LogP contribution in [-0.4, -0.2) is 31.6 Å². The molecule has 2 fully saturated rings. The molecule has 0 aromatic heterocycles. The van der Waals surface area contributed by atoms with Crippen LogP contribution in [0.3, 0.4) is 0 Å². The third-order valence-corrected chi connectivity index (χ3v) is 4.66. The molecule has 4 nitrogen and oxygen atoms in total. The van der Waals surface area contributed by atoms with Crippen molar-refractivity contribution in [3.05, 3.63) is 24.3 Å². The predicted molar refractivity (Wildman–Crippen MR) is 86.7 cm³/mol. The summed E-state index contributed by atoms with van der Waals surface area (Å²) in [4.78, 5) is 14.7. The summed E-state index contributed by atoms with van der Waals surface area (Å²) in [6.45, 7) is 5.38. The van der Waals surface area contributed by atoms with E-state index in [1.165, 1.54) is 18.5 Å². The molecule has 2 saturated heterocycles. The Kier molecular flexibility index (Phi) is 4.44. The molecule has 4 heteroatoms. The SMILES string of the molecule is CC1CCCNC1C(=O)Nc1ccc(N2CCCC2)cc1. The van der Waals surface area contributed by atoms with Crippen LogP contribution in [0.5, 0.6) is 0 Å². The lowest BCUT2D eigenvalue weighted by atomic mass is 9.92. The zero-order chi connectivity index (χ0) is 14.7. The fraction of sp³-hybridized carbons (Fsp3) is 0.588. The van der Waals surface area contributed by atoms with Gasteiger partial charge in [0.15, 0.2) is 0 Å². The highest BCUT2D eigenvalue weighted by molar-refractivity contribution is 5.95. The minimum Gasteiger partial charge on any atom is -0.372 e. The monoisotopic (exact) mass is 287 g/mol. The minimum atomic E-state index is -0.0583. The first kappa shape index (κ1) is 14.4. The number of piperidine rings is 1. The smallest absolute Gasteiger partial charge is 0.241 e. The van der Waals surface area contributed by atoms with Gasteiger partial charge in [0, 0.05) is 24.5 Å². The fourth-order valence-electron chi connectivity index (χ4n) is 3.35. The van der Waals surface area contributed by atoms with Gasteiger partial charge in [0.25, 0.3) is 0 Å². The Morgan fingerprint density at radius 2 is 1.90 bits per heavy atom. The van der Waals surface area contributed by atoms with Crippen molar-refractivity contribution < 1.29 is 4.79 Å². The van der Waals surface area contributed by atoms with Crippen molar-refractivity contribution >= 4 is 17.3 Å². The molecule has 2 atom stereocenters. The zero-order valence-corrected chi connectivity index (χ0v) is 12.8. The Morgan fingerprint density at radius 1 is 1.19 bits per heavy atom. The molecule has 1 aromatic rings. The maximum Gasteiger partial charge on any atom is 0.241 e. The number of rotatable bonds is 3. The van der Waals surface area contributed by atoms with Gasteiger partial charge >= 0.3 is 0 Å². The van der Waals surface area contributed by atoms with Gasteiger partial charge < -0.3 is 15.5 Å². The Hall–Kier alpha value is -1.55. The van der Waals surface area contributed by atoms with Crippen LogP contribution in [0.1, 0.15) is 32.6 Å². The standard InChI is InChI=1S/C17H25N3O/c1-13-5-4-10-18-16(13)17(21)19-14-6-8-15(9-7-14)20-11-2-3-12-20/h6-9,13,16,18H,2-5,10-12H2,1H3,(H,19,21). The maximum absolute atomic E-state index is 12.3. The second-order valence-corrected chi connectivity index (χ2v) is 6.28. The van der Waals surface area contributed by atoms with Crippen molar-refractivity contribution in [1.82, 2.24) is 5.32 Å². The fourth-order valence-corrected chi connectivity index (χ4v) is 3.35. The van der Waals surface area contributed by atoms with Crippen LogP contribution >= 0.6 is 0 Å². The first-order valence-electron chi connectivity index (χ1n) is 8.13. The Labute approximate surface area is 126 Å². The lowest BCUT2D eigenvalue weighted by Gasteiger charge is -2.29. The van der Waals surface area contributed by atoms with Crippen molar-refractivity contribution in [2.75, 3.05) is 29.9 Å². The largest absolute Gasteiger partial charge is 0.372 e. The van der Waals surface area contributed by atoms with Gasteiger partial charge in [-0.05, 0) is 62.4 Å². The molecular weight excluding hydrogens is 262 g/mol. The Bertz CT molecular complexity index is 479. The molecule has 21 heavy (non-hydrogen) atoms. The highest BCUT2D eigenvalue weighted by Crippen LogP contribution is 2.23. The summed E-state index contributed by atoms with van der Waals surface area (Å²) in [6.07, 6.45) is 4.85. The number of hydrogen-bond donors (Lipinski definition) is 2. The number of nitrogens with one attached hydrogen (secondary N) is 2. The third kappa shape index (κ3) is 3.38. The van der Waals surface area contributed by atoms with E-state index in [0.717, 1.165) is 38.2 Å². The predicted octanol–water partition coefficient (Wildman–Crippen LogP) is 2.61. The van der Waals surface area contributed by atoms with E-state index >= 15 is 0 Å². The molecule has 1 amide bonds. The van der Waals surface area contributed by atoms with Crippen molar-refractivity contribution in [3.8, 4) is 0 Å². The summed E-state index contributed by atoms with van der Waals surface area (Å²) >= 11 is 0. The molecule has 2 heterocycles.